The summed E-state index contributed by atoms with van der Waals surface area (Å²) >= 11 is 0. The number of unbranched alkanes of at least 4 members (excludes halogenated alkanes) is 5. The summed E-state index contributed by atoms with van der Waals surface area (Å²) in [5.74, 6) is -2.98. The van der Waals surface area contributed by atoms with Crippen LogP contribution in [-0.2, 0) is 33.5 Å². The van der Waals surface area contributed by atoms with Gasteiger partial charge in [-0.1, -0.05) is 67.7 Å². The minimum atomic E-state index is -6.23. The first-order valence-corrected chi connectivity index (χ1v) is 12.1. The molecule has 0 aliphatic carbocycles. The molecule has 1 rings (SSSR count). The maximum Gasteiger partial charge on any atom is 0.478 e. The van der Waals surface area contributed by atoms with Gasteiger partial charge >= 0.3 is 33.5 Å². The maximum absolute atomic E-state index is 14.0. The summed E-state index contributed by atoms with van der Waals surface area (Å²) in [4.78, 5) is 22.8. The fourth-order valence-electron chi connectivity index (χ4n) is 2.55. The van der Waals surface area contributed by atoms with Gasteiger partial charge in [-0.25, -0.2) is 9.59 Å². The Bertz CT molecular complexity index is 1020. The summed E-state index contributed by atoms with van der Waals surface area (Å²) < 4.78 is 104. The largest absolute Gasteiger partial charge is 0.478 e. The van der Waals surface area contributed by atoms with Crippen LogP contribution in [0.4, 0.5) is 22.0 Å². The molecule has 0 atom stereocenters. The van der Waals surface area contributed by atoms with Gasteiger partial charge in [-0.15, -0.1) is 0 Å². The molecule has 8 nitrogen and oxygen atoms in total. The topological polar surface area (TPSA) is 108 Å². The fraction of sp³-hybridized carbons (Fsp3) is 0.500. The average molecular weight is 544 g/mol. The third-order valence-corrected chi connectivity index (χ3v) is 5.51. The Morgan fingerprint density at radius 3 is 1.89 bits per heavy atom. The maximum atomic E-state index is 14.0. The first-order chi connectivity index (χ1) is 16.7. The number of oxime groups is 1. The van der Waals surface area contributed by atoms with Crippen molar-refractivity contribution in [2.45, 2.75) is 56.9 Å². The van der Waals surface area contributed by atoms with E-state index in [1.165, 1.54) is 25.1 Å². The van der Waals surface area contributed by atoms with Crippen molar-refractivity contribution in [1.29, 1.82) is 0 Å². The van der Waals surface area contributed by atoms with E-state index in [2.05, 4.69) is 20.8 Å². The van der Waals surface area contributed by atoms with Crippen LogP contribution in [0.3, 0.4) is 0 Å². The van der Waals surface area contributed by atoms with Gasteiger partial charge in [0.15, 0.2) is 5.71 Å². The minimum absolute atomic E-state index is 0.137. The van der Waals surface area contributed by atoms with Gasteiger partial charge in [0.05, 0.1) is 13.2 Å². The van der Waals surface area contributed by atoms with Crippen molar-refractivity contribution < 1.29 is 53.7 Å². The van der Waals surface area contributed by atoms with E-state index in [4.69, 9.17) is 4.74 Å². The highest BCUT2D eigenvalue weighted by Gasteiger charge is 2.57. The number of rotatable bonds is 15. The molecule has 0 fully saturated rings. The second-order valence-electron chi connectivity index (χ2n) is 7.52. The molecule has 202 valence electrons. The van der Waals surface area contributed by atoms with E-state index in [1.54, 1.807) is 0 Å². The highest BCUT2D eigenvalue weighted by molar-refractivity contribution is 7.88. The molecule has 0 spiro atoms. The van der Waals surface area contributed by atoms with Gasteiger partial charge in [-0.05, 0) is 19.8 Å². The van der Waals surface area contributed by atoms with Crippen LogP contribution in [-0.4, -0.2) is 50.7 Å². The third-order valence-electron chi connectivity index (χ3n) is 4.45. The standard InChI is InChI=1S/C22H26F5NO7S/c1-16(2)19(29)33-14-10-5-3-4-6-11-15-34-20(30)22(26,27)36(31,32)35-28-18(21(23,24)25)17-12-8-7-9-13-17/h7-9,12-13H,1,3-6,10-11,14-15H2,2H3. The summed E-state index contributed by atoms with van der Waals surface area (Å²) in [6.45, 7) is 4.66. The second-order valence-corrected chi connectivity index (χ2v) is 9.09. The molecule has 1 aromatic rings. The van der Waals surface area contributed by atoms with Gasteiger partial charge in [-0.2, -0.15) is 30.4 Å². The van der Waals surface area contributed by atoms with Crippen LogP contribution in [0.25, 0.3) is 0 Å². The van der Waals surface area contributed by atoms with E-state index in [0.717, 1.165) is 25.0 Å². The molecule has 0 amide bonds. The Morgan fingerprint density at radius 1 is 0.889 bits per heavy atom. The van der Waals surface area contributed by atoms with Gasteiger partial charge in [0.2, 0.25) is 0 Å². The van der Waals surface area contributed by atoms with Crippen LogP contribution in [0.5, 0.6) is 0 Å². The van der Waals surface area contributed by atoms with Crippen molar-refractivity contribution in [3.63, 3.8) is 0 Å². The Hall–Kier alpha value is -3.03. The molecule has 0 bridgehead atoms. The zero-order valence-corrected chi connectivity index (χ0v) is 20.2. The van der Waals surface area contributed by atoms with E-state index in [1.807, 2.05) is 0 Å². The van der Waals surface area contributed by atoms with Crippen molar-refractivity contribution in [2.75, 3.05) is 13.2 Å². The molecule has 0 radical (unpaired) electrons. The van der Waals surface area contributed by atoms with E-state index in [0.29, 0.717) is 24.8 Å². The van der Waals surface area contributed by atoms with Crippen LogP contribution in [0.15, 0.2) is 47.6 Å². The smallest absolute Gasteiger partial charge is 0.462 e. The molecular formula is C22H26F5NO7S. The number of benzene rings is 1. The third kappa shape index (κ3) is 9.91. The van der Waals surface area contributed by atoms with Gasteiger partial charge in [0.1, 0.15) is 0 Å². The molecular weight excluding hydrogens is 517 g/mol. The van der Waals surface area contributed by atoms with Crippen molar-refractivity contribution in [3.05, 3.63) is 48.0 Å². The number of hydrogen-bond acceptors (Lipinski definition) is 8. The molecule has 36 heavy (non-hydrogen) atoms. The normalized spacial score (nSPS) is 12.7. The highest BCUT2D eigenvalue weighted by Crippen LogP contribution is 2.28. The van der Waals surface area contributed by atoms with Gasteiger partial charge in [0, 0.05) is 11.1 Å². The van der Waals surface area contributed by atoms with Crippen LogP contribution >= 0.6 is 0 Å². The second kappa shape index (κ2) is 13.9. The first kappa shape index (κ1) is 31.0. The SMILES string of the molecule is C=C(C)C(=O)OCCCCCCCCOC(=O)C(F)(F)S(=O)(=O)ON=C(c1ccccc1)C(F)(F)F. The zero-order valence-electron chi connectivity index (χ0n) is 19.4. The summed E-state index contributed by atoms with van der Waals surface area (Å²) in [5.41, 5.74) is -2.23. The molecule has 0 aliphatic rings. The predicted molar refractivity (Wildman–Crippen MR) is 118 cm³/mol. The van der Waals surface area contributed by atoms with Crippen LogP contribution < -0.4 is 0 Å². The van der Waals surface area contributed by atoms with Crippen LogP contribution in [0.2, 0.25) is 0 Å². The lowest BCUT2D eigenvalue weighted by Crippen LogP contribution is -2.40. The molecule has 0 unspecified atom stereocenters. The number of esters is 2. The van der Waals surface area contributed by atoms with Gasteiger partial charge in [0.25, 0.3) is 0 Å². The number of carbonyl (C=O) groups excluding carboxylic acids is 2. The number of alkyl halides is 5. The number of ether oxygens (including phenoxy) is 2. The Kier molecular flexibility index (Phi) is 12.0. The van der Waals surface area contributed by atoms with Crippen molar-refractivity contribution in [3.8, 4) is 0 Å². The van der Waals surface area contributed by atoms with Crippen LogP contribution in [0, 0.1) is 0 Å². The van der Waals surface area contributed by atoms with Gasteiger partial charge < -0.3 is 9.47 Å². The number of hydrogen-bond donors (Lipinski definition) is 0. The Morgan fingerprint density at radius 2 is 1.39 bits per heavy atom. The van der Waals surface area contributed by atoms with E-state index in [-0.39, 0.29) is 13.0 Å². The molecule has 0 heterocycles. The van der Waals surface area contributed by atoms with Crippen molar-refractivity contribution in [2.24, 2.45) is 5.16 Å². The lowest BCUT2D eigenvalue weighted by atomic mass is 10.1. The van der Waals surface area contributed by atoms with E-state index >= 15 is 0 Å². The highest BCUT2D eigenvalue weighted by atomic mass is 32.2. The summed E-state index contributed by atoms with van der Waals surface area (Å²) in [5, 5.41) is -2.95. The van der Waals surface area contributed by atoms with Crippen molar-refractivity contribution in [1.82, 2.24) is 0 Å². The van der Waals surface area contributed by atoms with Crippen LogP contribution in [0.1, 0.15) is 51.0 Å². The Labute approximate surface area is 205 Å². The molecule has 0 aromatic heterocycles. The van der Waals surface area contributed by atoms with E-state index < -0.39 is 51.4 Å². The lowest BCUT2D eigenvalue weighted by Gasteiger charge is -2.15. The van der Waals surface area contributed by atoms with Crippen molar-refractivity contribution >= 4 is 27.8 Å². The summed E-state index contributed by atoms with van der Waals surface area (Å²) in [6.07, 6.45) is -1.94. The average Bonchev–Trinajstić information content (AvgIpc) is 2.79. The van der Waals surface area contributed by atoms with Gasteiger partial charge in [-0.3, -0.25) is 4.28 Å². The van der Waals surface area contributed by atoms with E-state index in [9.17, 15) is 40.0 Å². The number of halogens is 5. The number of nitrogens with zero attached hydrogens (tertiary/aromatic N) is 1. The monoisotopic (exact) mass is 543 g/mol. The predicted octanol–water partition coefficient (Wildman–Crippen LogP) is 4.90. The first-order valence-electron chi connectivity index (χ1n) is 10.7. The molecule has 0 aliphatic heterocycles. The molecule has 14 heteroatoms. The fourth-order valence-corrected chi connectivity index (χ4v) is 3.08. The molecule has 1 aromatic carbocycles. The quantitative estimate of drug-likeness (QED) is 0.0774. The Balaban J connectivity index is 2.49. The zero-order chi connectivity index (χ0) is 27.4. The molecule has 0 saturated heterocycles. The number of carbonyl (C=O) groups is 2. The summed E-state index contributed by atoms with van der Waals surface area (Å²) in [7, 11) is -6.23. The molecule has 0 N–H and O–H groups in total. The molecule has 0 saturated carbocycles. The minimum Gasteiger partial charge on any atom is -0.462 e. The lowest BCUT2D eigenvalue weighted by molar-refractivity contribution is -0.161. The summed E-state index contributed by atoms with van der Waals surface area (Å²) in [6, 6.07) is 5.54.